The van der Waals surface area contributed by atoms with Crippen LogP contribution >= 0.6 is 0 Å². The van der Waals surface area contributed by atoms with Crippen molar-refractivity contribution in [1.82, 2.24) is 10.3 Å². The lowest BCUT2D eigenvalue weighted by Crippen LogP contribution is -2.57. The molecule has 0 radical (unpaired) electrons. The number of carbonyl (C=O) groups excluding carboxylic acids is 2. The molecule has 2 aromatic heterocycles. The highest BCUT2D eigenvalue weighted by atomic mass is 19.1. The van der Waals surface area contributed by atoms with Crippen LogP contribution in [0.4, 0.5) is 4.39 Å². The molecule has 142 valence electrons. The van der Waals surface area contributed by atoms with E-state index in [1.807, 2.05) is 24.3 Å². The second-order valence-corrected chi connectivity index (χ2v) is 6.60. The molecular weight excluding hydrogens is 371 g/mol. The van der Waals surface area contributed by atoms with Crippen LogP contribution in [0.5, 0.6) is 0 Å². The third kappa shape index (κ3) is 3.47. The number of hydrogen-bond donors (Lipinski definition) is 2. The van der Waals surface area contributed by atoms with Gasteiger partial charge in [-0.15, -0.1) is 0 Å². The highest BCUT2D eigenvalue weighted by Crippen LogP contribution is 2.34. The van der Waals surface area contributed by atoms with Crippen LogP contribution < -0.4 is 9.88 Å². The van der Waals surface area contributed by atoms with E-state index in [0.29, 0.717) is 5.56 Å². The minimum atomic E-state index is -0.822. The number of amides is 2. The highest BCUT2D eigenvalue weighted by Gasteiger charge is 2.47. The number of piperidine rings is 1. The molecule has 1 aliphatic rings. The number of benzene rings is 1. The van der Waals surface area contributed by atoms with Crippen LogP contribution in [-0.2, 0) is 9.59 Å². The Morgan fingerprint density at radius 3 is 2.21 bits per heavy atom. The molecule has 1 fully saturated rings. The second kappa shape index (κ2) is 7.58. The van der Waals surface area contributed by atoms with Gasteiger partial charge in [0, 0.05) is 24.5 Å². The Morgan fingerprint density at radius 2 is 1.59 bits per heavy atom. The lowest BCUT2D eigenvalue weighted by Gasteiger charge is -2.27. The van der Waals surface area contributed by atoms with E-state index in [1.165, 1.54) is 24.3 Å². The Morgan fingerprint density at radius 1 is 0.966 bits per heavy atom. The van der Waals surface area contributed by atoms with Gasteiger partial charge in [-0.1, -0.05) is 12.1 Å². The molecule has 0 saturated carbocycles. The first-order chi connectivity index (χ1) is 14.1. The maximum absolute atomic E-state index is 13.4. The molecule has 29 heavy (non-hydrogen) atoms. The fraction of sp³-hybridized carbons (Fsp3) is 0.0909. The highest BCUT2D eigenvalue weighted by molar-refractivity contribution is 6.13. The van der Waals surface area contributed by atoms with Crippen LogP contribution in [0.15, 0.2) is 78.9 Å². The molecule has 2 amide bonds. The van der Waals surface area contributed by atoms with Crippen molar-refractivity contribution in [2.24, 2.45) is 0 Å². The molecule has 0 bridgehead atoms. The fourth-order valence-corrected chi connectivity index (χ4v) is 3.53. The summed E-state index contributed by atoms with van der Waals surface area (Å²) < 4.78 is 15.1. The van der Waals surface area contributed by atoms with Crippen molar-refractivity contribution in [2.75, 3.05) is 0 Å². The summed E-state index contributed by atoms with van der Waals surface area (Å²) in [5.41, 5.74) is 2.50. The molecule has 0 aliphatic carbocycles. The van der Waals surface area contributed by atoms with E-state index in [1.54, 1.807) is 29.4 Å². The number of pyridine rings is 2. The van der Waals surface area contributed by atoms with E-state index in [-0.39, 0.29) is 5.57 Å². The standard InChI is InChI=1S/C22H15FN4O2/c23-17-3-1-16(2-4-17)19-18(13-24)21(28)26-22(29)20(19)27-11-7-15(8-12-27)14-5-9-25-10-6-14/h1-12,19-20,24H/p+1/t19-,20+/m0/s1. The number of nitrogens with one attached hydrogen (secondary N) is 2. The summed E-state index contributed by atoms with van der Waals surface area (Å²) in [6, 6.07) is 12.2. The van der Waals surface area contributed by atoms with Gasteiger partial charge in [-0.3, -0.25) is 25.3 Å². The minimum absolute atomic E-state index is 0.0203. The van der Waals surface area contributed by atoms with Crippen LogP contribution in [0.2, 0.25) is 0 Å². The fourth-order valence-electron chi connectivity index (χ4n) is 3.53. The zero-order valence-electron chi connectivity index (χ0n) is 15.2. The molecule has 1 aliphatic heterocycles. The Balaban J connectivity index is 1.78. The Hall–Kier alpha value is -3.96. The topological polar surface area (TPSA) is 86.8 Å². The van der Waals surface area contributed by atoms with Gasteiger partial charge in [0.1, 0.15) is 5.82 Å². The smallest absolute Gasteiger partial charge is 0.286 e. The molecule has 6 nitrogen and oxygen atoms in total. The second-order valence-electron chi connectivity index (χ2n) is 6.60. The van der Waals surface area contributed by atoms with Gasteiger partial charge in [-0.25, -0.2) is 4.39 Å². The van der Waals surface area contributed by atoms with Crippen molar-refractivity contribution in [1.29, 1.82) is 5.41 Å². The summed E-state index contributed by atoms with van der Waals surface area (Å²) in [7, 11) is 0. The molecule has 3 aromatic rings. The Labute approximate surface area is 165 Å². The maximum atomic E-state index is 13.4. The Kier molecular flexibility index (Phi) is 4.81. The lowest BCUT2D eigenvalue weighted by molar-refractivity contribution is -0.711. The number of hydrogen-bond acceptors (Lipinski definition) is 4. The average molecular weight is 387 g/mol. The van der Waals surface area contributed by atoms with Crippen LogP contribution in [-0.4, -0.2) is 22.7 Å². The molecule has 1 saturated heterocycles. The first-order valence-corrected chi connectivity index (χ1v) is 8.90. The quantitative estimate of drug-likeness (QED) is 0.313. The minimum Gasteiger partial charge on any atom is -0.286 e. The van der Waals surface area contributed by atoms with Crippen molar-refractivity contribution in [2.45, 2.75) is 12.0 Å². The third-order valence-corrected chi connectivity index (χ3v) is 4.93. The Bertz CT molecular complexity index is 1120. The van der Waals surface area contributed by atoms with E-state index in [9.17, 15) is 14.0 Å². The summed E-state index contributed by atoms with van der Waals surface area (Å²) in [6.07, 6.45) is 6.88. The van der Waals surface area contributed by atoms with Crippen LogP contribution in [0, 0.1) is 11.2 Å². The van der Waals surface area contributed by atoms with Crippen molar-refractivity contribution >= 4 is 17.7 Å². The van der Waals surface area contributed by atoms with E-state index < -0.39 is 29.6 Å². The van der Waals surface area contributed by atoms with Gasteiger partial charge in [0.05, 0.1) is 11.5 Å². The molecule has 3 heterocycles. The zero-order valence-corrected chi connectivity index (χ0v) is 15.2. The predicted octanol–water partition coefficient (Wildman–Crippen LogP) is 2.33. The number of rotatable bonds is 3. The first-order valence-electron chi connectivity index (χ1n) is 8.90. The van der Waals surface area contributed by atoms with Crippen molar-refractivity contribution in [3.8, 4) is 11.1 Å². The van der Waals surface area contributed by atoms with E-state index in [4.69, 9.17) is 5.41 Å². The van der Waals surface area contributed by atoms with Gasteiger partial charge in [-0.2, -0.15) is 4.57 Å². The van der Waals surface area contributed by atoms with Crippen LogP contribution in [0.1, 0.15) is 17.5 Å². The number of halogens is 1. The van der Waals surface area contributed by atoms with E-state index in [0.717, 1.165) is 11.1 Å². The van der Waals surface area contributed by atoms with E-state index >= 15 is 0 Å². The summed E-state index contributed by atoms with van der Waals surface area (Å²) in [6.45, 7) is 0. The molecule has 0 unspecified atom stereocenters. The molecule has 0 spiro atoms. The SMILES string of the molecule is N=C=C1C(=O)NC(=O)[C@H]([n+]2ccc(-c3ccncc3)cc2)[C@H]1c1ccc(F)cc1. The van der Waals surface area contributed by atoms with Gasteiger partial charge < -0.3 is 0 Å². The summed E-state index contributed by atoms with van der Waals surface area (Å²) >= 11 is 0. The number of aromatic nitrogens is 2. The molecule has 7 heteroatoms. The van der Waals surface area contributed by atoms with Crippen LogP contribution in [0.25, 0.3) is 11.1 Å². The van der Waals surface area contributed by atoms with Crippen molar-refractivity contribution in [3.63, 3.8) is 0 Å². The van der Waals surface area contributed by atoms with Gasteiger partial charge in [0.15, 0.2) is 12.4 Å². The van der Waals surface area contributed by atoms with E-state index in [2.05, 4.69) is 16.2 Å². The van der Waals surface area contributed by atoms with Gasteiger partial charge in [0.25, 0.3) is 11.8 Å². The largest absolute Gasteiger partial charge is 0.296 e. The zero-order chi connectivity index (χ0) is 20.4. The van der Waals surface area contributed by atoms with Gasteiger partial charge in [0.2, 0.25) is 6.04 Å². The van der Waals surface area contributed by atoms with Crippen LogP contribution in [0.3, 0.4) is 0 Å². The number of nitrogens with zero attached hydrogens (tertiary/aromatic N) is 2. The maximum Gasteiger partial charge on any atom is 0.296 e. The molecule has 2 atom stereocenters. The lowest BCUT2D eigenvalue weighted by atomic mass is 9.81. The third-order valence-electron chi connectivity index (χ3n) is 4.93. The van der Waals surface area contributed by atoms with Gasteiger partial charge >= 0.3 is 0 Å². The monoisotopic (exact) mass is 387 g/mol. The molecular formula is C22H16FN4O2+. The number of imide groups is 1. The first kappa shape index (κ1) is 18.4. The molecule has 4 rings (SSSR count). The summed E-state index contributed by atoms with van der Waals surface area (Å²) in [4.78, 5) is 29.0. The summed E-state index contributed by atoms with van der Waals surface area (Å²) in [5.74, 6) is -0.178. The molecule has 2 N–H and O–H groups in total. The average Bonchev–Trinajstić information content (AvgIpc) is 2.75. The number of carbonyl (C=O) groups is 2. The van der Waals surface area contributed by atoms with Crippen molar-refractivity contribution in [3.05, 3.63) is 90.3 Å². The predicted molar refractivity (Wildman–Crippen MR) is 102 cm³/mol. The van der Waals surface area contributed by atoms with Crippen molar-refractivity contribution < 1.29 is 18.5 Å². The normalized spacial score (nSPS) is 18.9. The summed E-state index contributed by atoms with van der Waals surface area (Å²) in [5, 5.41) is 9.85. The van der Waals surface area contributed by atoms with Gasteiger partial charge in [-0.05, 0) is 46.8 Å². The molecule has 1 aromatic carbocycles.